The summed E-state index contributed by atoms with van der Waals surface area (Å²) in [7, 11) is 0. The lowest BCUT2D eigenvalue weighted by atomic mass is 9.63. The Balaban J connectivity index is 2.36. The number of ketones is 1. The van der Waals surface area contributed by atoms with Crippen LogP contribution in [0.4, 0.5) is 0 Å². The first-order valence-electron chi connectivity index (χ1n) is 9.37. The zero-order chi connectivity index (χ0) is 21.1. The summed E-state index contributed by atoms with van der Waals surface area (Å²) in [6.45, 7) is 8.44. The first-order valence-corrected chi connectivity index (χ1v) is 9.37. The Morgan fingerprint density at radius 2 is 1.79 bits per heavy atom. The maximum absolute atomic E-state index is 12.7. The average Bonchev–Trinajstić information content (AvgIpc) is 2.56. The van der Waals surface area contributed by atoms with Gasteiger partial charge in [0.2, 0.25) is 0 Å². The van der Waals surface area contributed by atoms with E-state index in [9.17, 15) is 19.5 Å². The predicted octanol–water partition coefficient (Wildman–Crippen LogP) is 2.93. The number of ether oxygens (including phenoxy) is 2. The molecule has 28 heavy (non-hydrogen) atoms. The van der Waals surface area contributed by atoms with Crippen LogP contribution in [0.3, 0.4) is 0 Å². The van der Waals surface area contributed by atoms with E-state index < -0.39 is 41.1 Å². The molecule has 0 aliphatic heterocycles. The highest BCUT2D eigenvalue weighted by Crippen LogP contribution is 2.42. The van der Waals surface area contributed by atoms with Crippen LogP contribution in [-0.2, 0) is 23.9 Å². The van der Waals surface area contributed by atoms with E-state index in [4.69, 9.17) is 9.47 Å². The number of hydrogen-bond donors (Lipinski definition) is 1. The topological polar surface area (TPSA) is 89.9 Å². The van der Waals surface area contributed by atoms with Gasteiger partial charge in [-0.15, -0.1) is 0 Å². The third-order valence-corrected chi connectivity index (χ3v) is 4.35. The van der Waals surface area contributed by atoms with Crippen LogP contribution in [0.5, 0.6) is 0 Å². The van der Waals surface area contributed by atoms with E-state index >= 15 is 0 Å². The molecule has 1 aliphatic carbocycles. The molecule has 152 valence electrons. The minimum Gasteiger partial charge on any atom is -0.461 e. The average molecular weight is 388 g/mol. The van der Waals surface area contributed by atoms with Gasteiger partial charge >= 0.3 is 11.9 Å². The van der Waals surface area contributed by atoms with Gasteiger partial charge in [0.15, 0.2) is 5.60 Å². The standard InChI is InChI=1S/C22H28O6/c1-14(2)27-20(25)22(26,12-11-15-9-7-6-8-10-15)18-16(13-17(18)23)19(24)28-21(3,4)5/h6-12,14,16,18,26H,13H2,1-5H3/b12-11+. The Morgan fingerprint density at radius 3 is 2.29 bits per heavy atom. The lowest BCUT2D eigenvalue weighted by molar-refractivity contribution is -0.188. The van der Waals surface area contributed by atoms with Crippen LogP contribution in [-0.4, -0.2) is 40.1 Å². The highest BCUT2D eigenvalue weighted by atomic mass is 16.6. The Labute approximate surface area is 165 Å². The quantitative estimate of drug-likeness (QED) is 0.754. The van der Waals surface area contributed by atoms with Gasteiger partial charge in [-0.1, -0.05) is 36.4 Å². The molecule has 6 nitrogen and oxygen atoms in total. The van der Waals surface area contributed by atoms with Gasteiger partial charge in [0.25, 0.3) is 0 Å². The fraction of sp³-hybridized carbons (Fsp3) is 0.500. The SMILES string of the molecule is CC(C)OC(=O)C(O)(/C=C/c1ccccc1)C1C(=O)CC1C(=O)OC(C)(C)C. The number of aliphatic hydroxyl groups is 1. The van der Waals surface area contributed by atoms with Gasteiger partial charge in [-0.3, -0.25) is 9.59 Å². The molecule has 1 aliphatic rings. The Morgan fingerprint density at radius 1 is 1.18 bits per heavy atom. The van der Waals surface area contributed by atoms with Crippen LogP contribution in [0.2, 0.25) is 0 Å². The molecule has 0 heterocycles. The molecule has 0 amide bonds. The summed E-state index contributed by atoms with van der Waals surface area (Å²) in [6, 6.07) is 9.04. The summed E-state index contributed by atoms with van der Waals surface area (Å²) in [5, 5.41) is 11.2. The van der Waals surface area contributed by atoms with E-state index in [1.807, 2.05) is 18.2 Å². The van der Waals surface area contributed by atoms with Gasteiger partial charge < -0.3 is 14.6 Å². The lowest BCUT2D eigenvalue weighted by Crippen LogP contribution is -2.60. The molecule has 0 spiro atoms. The minimum absolute atomic E-state index is 0.0734. The summed E-state index contributed by atoms with van der Waals surface area (Å²) in [4.78, 5) is 37.6. The molecule has 0 saturated heterocycles. The van der Waals surface area contributed by atoms with Crippen LogP contribution >= 0.6 is 0 Å². The van der Waals surface area contributed by atoms with Crippen molar-refractivity contribution in [2.75, 3.05) is 0 Å². The summed E-state index contributed by atoms with van der Waals surface area (Å²) < 4.78 is 10.6. The van der Waals surface area contributed by atoms with Crippen LogP contribution in [0, 0.1) is 11.8 Å². The molecule has 6 heteroatoms. The van der Waals surface area contributed by atoms with Gasteiger partial charge in [-0.25, -0.2) is 4.79 Å². The van der Waals surface area contributed by atoms with Crippen molar-refractivity contribution in [3.8, 4) is 0 Å². The van der Waals surface area contributed by atoms with Crippen molar-refractivity contribution in [1.29, 1.82) is 0 Å². The van der Waals surface area contributed by atoms with Crippen molar-refractivity contribution >= 4 is 23.8 Å². The maximum atomic E-state index is 12.7. The number of Topliss-reactive ketones (excluding diaryl/α,β-unsaturated/α-hetero) is 1. The predicted molar refractivity (Wildman–Crippen MR) is 104 cm³/mol. The maximum Gasteiger partial charge on any atom is 0.343 e. The van der Waals surface area contributed by atoms with E-state index in [0.29, 0.717) is 0 Å². The van der Waals surface area contributed by atoms with Crippen molar-refractivity contribution in [3.63, 3.8) is 0 Å². The molecule has 1 aromatic carbocycles. The van der Waals surface area contributed by atoms with Crippen LogP contribution < -0.4 is 0 Å². The van der Waals surface area contributed by atoms with E-state index in [1.165, 1.54) is 6.08 Å². The molecule has 2 rings (SSSR count). The van der Waals surface area contributed by atoms with Crippen molar-refractivity contribution in [2.45, 2.75) is 58.3 Å². The number of rotatable bonds is 6. The van der Waals surface area contributed by atoms with Crippen molar-refractivity contribution in [2.24, 2.45) is 11.8 Å². The molecule has 1 fully saturated rings. The lowest BCUT2D eigenvalue weighted by Gasteiger charge is -2.42. The number of carbonyl (C=O) groups is 3. The van der Waals surface area contributed by atoms with E-state index in [1.54, 1.807) is 52.8 Å². The fourth-order valence-electron chi connectivity index (χ4n) is 3.07. The third-order valence-electron chi connectivity index (χ3n) is 4.35. The Bertz CT molecular complexity index is 759. The van der Waals surface area contributed by atoms with Gasteiger partial charge in [0, 0.05) is 6.42 Å². The smallest absolute Gasteiger partial charge is 0.343 e. The number of carbonyl (C=O) groups excluding carboxylic acids is 3. The highest BCUT2D eigenvalue weighted by Gasteiger charge is 2.60. The molecule has 0 aromatic heterocycles. The second-order valence-electron chi connectivity index (χ2n) is 8.31. The van der Waals surface area contributed by atoms with Gasteiger partial charge in [-0.05, 0) is 46.3 Å². The Hall–Kier alpha value is -2.47. The first-order chi connectivity index (χ1) is 12.9. The molecule has 3 unspecified atom stereocenters. The van der Waals surface area contributed by atoms with Crippen molar-refractivity contribution in [1.82, 2.24) is 0 Å². The largest absolute Gasteiger partial charge is 0.461 e. The third kappa shape index (κ3) is 5.07. The highest BCUT2D eigenvalue weighted by molar-refractivity contribution is 6.02. The molecule has 0 radical (unpaired) electrons. The van der Waals surface area contributed by atoms with E-state index in [-0.39, 0.29) is 12.2 Å². The molecule has 1 N–H and O–H groups in total. The molecule has 0 bridgehead atoms. The molecule has 3 atom stereocenters. The first kappa shape index (κ1) is 21.8. The number of esters is 2. The van der Waals surface area contributed by atoms with Crippen LogP contribution in [0.25, 0.3) is 6.08 Å². The summed E-state index contributed by atoms with van der Waals surface area (Å²) >= 11 is 0. The second kappa shape index (κ2) is 8.27. The molecule has 1 saturated carbocycles. The van der Waals surface area contributed by atoms with E-state index in [2.05, 4.69) is 0 Å². The zero-order valence-electron chi connectivity index (χ0n) is 17.0. The summed E-state index contributed by atoms with van der Waals surface area (Å²) in [5.74, 6) is -4.09. The fourth-order valence-corrected chi connectivity index (χ4v) is 3.07. The van der Waals surface area contributed by atoms with E-state index in [0.717, 1.165) is 5.56 Å². The molecular formula is C22H28O6. The normalized spacial score (nSPS) is 21.9. The van der Waals surface area contributed by atoms with Crippen LogP contribution in [0.1, 0.15) is 46.6 Å². The summed E-state index contributed by atoms with van der Waals surface area (Å²) in [5.41, 5.74) is -2.26. The van der Waals surface area contributed by atoms with Gasteiger partial charge in [0.1, 0.15) is 11.4 Å². The number of benzene rings is 1. The van der Waals surface area contributed by atoms with Crippen LogP contribution in [0.15, 0.2) is 36.4 Å². The Kier molecular flexibility index (Phi) is 6.44. The monoisotopic (exact) mass is 388 g/mol. The summed E-state index contributed by atoms with van der Waals surface area (Å²) in [6.07, 6.45) is 2.22. The van der Waals surface area contributed by atoms with Gasteiger partial charge in [-0.2, -0.15) is 0 Å². The zero-order valence-corrected chi connectivity index (χ0v) is 17.0. The molecular weight excluding hydrogens is 360 g/mol. The minimum atomic E-state index is -2.25. The van der Waals surface area contributed by atoms with Gasteiger partial charge in [0.05, 0.1) is 17.9 Å². The second-order valence-corrected chi connectivity index (χ2v) is 8.31. The van der Waals surface area contributed by atoms with Crippen molar-refractivity contribution in [3.05, 3.63) is 42.0 Å². The number of hydrogen-bond acceptors (Lipinski definition) is 6. The molecule has 1 aromatic rings. The van der Waals surface area contributed by atoms with Crippen molar-refractivity contribution < 1.29 is 29.0 Å².